The third-order valence-corrected chi connectivity index (χ3v) is 5.03. The molecule has 7 nitrogen and oxygen atoms in total. The summed E-state index contributed by atoms with van der Waals surface area (Å²) in [6, 6.07) is 12.5. The topological polar surface area (TPSA) is 96.3 Å². The number of benzene rings is 2. The Morgan fingerprint density at radius 3 is 2.53 bits per heavy atom. The lowest BCUT2D eigenvalue weighted by Crippen LogP contribution is -2.33. The highest BCUT2D eigenvalue weighted by molar-refractivity contribution is 6.46. The Labute approximate surface area is 179 Å². The van der Waals surface area contributed by atoms with Gasteiger partial charge in [-0.3, -0.25) is 9.59 Å². The van der Waals surface area contributed by atoms with Crippen molar-refractivity contribution in [1.29, 1.82) is 0 Å². The summed E-state index contributed by atoms with van der Waals surface area (Å²) in [4.78, 5) is 27.0. The molecule has 0 aliphatic carbocycles. The summed E-state index contributed by atoms with van der Waals surface area (Å²) in [6.07, 6.45) is 0. The molecule has 1 aliphatic rings. The van der Waals surface area contributed by atoms with Crippen LogP contribution in [0.3, 0.4) is 0 Å². The predicted octanol–water partition coefficient (Wildman–Crippen LogP) is 2.78. The van der Waals surface area contributed by atoms with E-state index in [1.54, 1.807) is 48.5 Å². The molecule has 1 atom stereocenters. The van der Waals surface area contributed by atoms with Gasteiger partial charge >= 0.3 is 0 Å². The minimum atomic E-state index is -0.812. The van der Waals surface area contributed by atoms with Crippen molar-refractivity contribution < 1.29 is 29.3 Å². The Hall–Kier alpha value is -2.87. The molecule has 1 heterocycles. The molecule has 0 radical (unpaired) electrons. The molecular formula is C22H22ClNO6. The number of aliphatic hydroxyl groups excluding tert-OH is 2. The molecule has 0 bridgehead atoms. The standard InChI is InChI=1S/C22H22ClNO6/c1-29-17-4-2-3-15(13-17)19-18(20(26)14-5-7-16(23)8-6-14)21(27)22(28)24(19)9-11-30-12-10-25/h2-8,13,19,25-26H,9-12H2,1H3. The van der Waals surface area contributed by atoms with E-state index in [1.165, 1.54) is 12.0 Å². The maximum Gasteiger partial charge on any atom is 0.295 e. The number of rotatable bonds is 8. The number of hydrogen-bond acceptors (Lipinski definition) is 6. The van der Waals surface area contributed by atoms with Gasteiger partial charge in [0.25, 0.3) is 11.7 Å². The number of hydrogen-bond donors (Lipinski definition) is 2. The second kappa shape index (κ2) is 9.75. The summed E-state index contributed by atoms with van der Waals surface area (Å²) >= 11 is 5.92. The second-order valence-corrected chi connectivity index (χ2v) is 7.05. The maximum absolute atomic E-state index is 12.9. The van der Waals surface area contributed by atoms with Crippen LogP contribution in [0.25, 0.3) is 5.76 Å². The van der Waals surface area contributed by atoms with Crippen molar-refractivity contribution in [3.8, 4) is 5.75 Å². The molecule has 30 heavy (non-hydrogen) atoms. The third-order valence-electron chi connectivity index (χ3n) is 4.78. The molecule has 8 heteroatoms. The van der Waals surface area contributed by atoms with Crippen LogP contribution in [-0.2, 0) is 14.3 Å². The van der Waals surface area contributed by atoms with E-state index in [0.717, 1.165) is 0 Å². The molecule has 0 aromatic heterocycles. The lowest BCUT2D eigenvalue weighted by Gasteiger charge is -2.25. The molecule has 2 aromatic rings. The van der Waals surface area contributed by atoms with Crippen LogP contribution in [-0.4, -0.2) is 60.3 Å². The van der Waals surface area contributed by atoms with Gasteiger partial charge in [-0.1, -0.05) is 23.7 Å². The number of methoxy groups -OCH3 is 1. The van der Waals surface area contributed by atoms with Crippen molar-refractivity contribution in [2.24, 2.45) is 0 Å². The van der Waals surface area contributed by atoms with E-state index in [2.05, 4.69) is 0 Å². The molecular weight excluding hydrogens is 410 g/mol. The highest BCUT2D eigenvalue weighted by Gasteiger charge is 2.46. The predicted molar refractivity (Wildman–Crippen MR) is 111 cm³/mol. The van der Waals surface area contributed by atoms with Gasteiger partial charge in [0.2, 0.25) is 0 Å². The summed E-state index contributed by atoms with van der Waals surface area (Å²) in [5.74, 6) is -1.24. The first kappa shape index (κ1) is 21.8. The van der Waals surface area contributed by atoms with Crippen LogP contribution >= 0.6 is 11.6 Å². The quantitative estimate of drug-likeness (QED) is 0.289. The van der Waals surface area contributed by atoms with Crippen molar-refractivity contribution in [1.82, 2.24) is 4.90 Å². The molecule has 2 aromatic carbocycles. The van der Waals surface area contributed by atoms with Crippen molar-refractivity contribution in [2.75, 3.05) is 33.5 Å². The normalized spacial score (nSPS) is 18.1. The van der Waals surface area contributed by atoms with E-state index in [9.17, 15) is 14.7 Å². The number of amides is 1. The van der Waals surface area contributed by atoms with Crippen LogP contribution in [0.15, 0.2) is 54.1 Å². The van der Waals surface area contributed by atoms with Gasteiger partial charge in [0.1, 0.15) is 11.5 Å². The van der Waals surface area contributed by atoms with Crippen LogP contribution in [0.4, 0.5) is 0 Å². The Morgan fingerprint density at radius 2 is 1.87 bits per heavy atom. The molecule has 1 fully saturated rings. The van der Waals surface area contributed by atoms with E-state index in [4.69, 9.17) is 26.2 Å². The fourth-order valence-electron chi connectivity index (χ4n) is 3.36. The molecule has 1 aliphatic heterocycles. The van der Waals surface area contributed by atoms with Gasteiger partial charge in [-0.25, -0.2) is 0 Å². The van der Waals surface area contributed by atoms with Crippen molar-refractivity contribution in [3.05, 3.63) is 70.3 Å². The monoisotopic (exact) mass is 431 g/mol. The van der Waals surface area contributed by atoms with Crippen LogP contribution in [0.1, 0.15) is 17.2 Å². The summed E-state index contributed by atoms with van der Waals surface area (Å²) < 4.78 is 10.6. The highest BCUT2D eigenvalue weighted by atomic mass is 35.5. The van der Waals surface area contributed by atoms with Gasteiger partial charge in [-0.2, -0.15) is 0 Å². The number of nitrogens with zero attached hydrogens (tertiary/aromatic N) is 1. The fraction of sp³-hybridized carbons (Fsp3) is 0.273. The molecule has 0 spiro atoms. The average molecular weight is 432 g/mol. The summed E-state index contributed by atoms with van der Waals surface area (Å²) in [7, 11) is 1.52. The SMILES string of the molecule is COc1cccc(C2C(=C(O)c3ccc(Cl)cc3)C(=O)C(=O)N2CCOCCO)c1. The third kappa shape index (κ3) is 4.48. The number of aliphatic hydroxyl groups is 2. The zero-order valence-electron chi connectivity index (χ0n) is 16.4. The smallest absolute Gasteiger partial charge is 0.295 e. The maximum atomic E-state index is 12.9. The first-order valence-corrected chi connectivity index (χ1v) is 9.72. The van der Waals surface area contributed by atoms with E-state index in [1.807, 2.05) is 0 Å². The van der Waals surface area contributed by atoms with Crippen LogP contribution < -0.4 is 4.74 Å². The van der Waals surface area contributed by atoms with Crippen LogP contribution in [0.5, 0.6) is 5.75 Å². The number of halogens is 1. The molecule has 3 rings (SSSR count). The summed E-state index contributed by atoms with van der Waals surface area (Å²) in [5, 5.41) is 20.3. The van der Waals surface area contributed by atoms with E-state index in [-0.39, 0.29) is 37.7 Å². The first-order valence-electron chi connectivity index (χ1n) is 9.34. The molecule has 1 saturated heterocycles. The van der Waals surface area contributed by atoms with E-state index < -0.39 is 17.7 Å². The number of carbonyl (C=O) groups excluding carboxylic acids is 2. The Kier molecular flexibility index (Phi) is 7.10. The van der Waals surface area contributed by atoms with Gasteiger partial charge in [0.05, 0.1) is 38.5 Å². The van der Waals surface area contributed by atoms with Gasteiger partial charge in [0, 0.05) is 17.1 Å². The molecule has 1 unspecified atom stereocenters. The first-order chi connectivity index (χ1) is 14.5. The lowest BCUT2D eigenvalue weighted by molar-refractivity contribution is -0.140. The minimum absolute atomic E-state index is 0.0160. The summed E-state index contributed by atoms with van der Waals surface area (Å²) in [6.45, 7) is 0.228. The number of carbonyl (C=O) groups is 2. The van der Waals surface area contributed by atoms with Crippen molar-refractivity contribution >= 4 is 29.1 Å². The number of Topliss-reactive ketones (excluding diaryl/α,β-unsaturated/α-hetero) is 1. The van der Waals surface area contributed by atoms with E-state index >= 15 is 0 Å². The second-order valence-electron chi connectivity index (χ2n) is 6.61. The van der Waals surface area contributed by atoms with Crippen molar-refractivity contribution in [3.63, 3.8) is 0 Å². The van der Waals surface area contributed by atoms with Gasteiger partial charge in [-0.05, 0) is 42.0 Å². The minimum Gasteiger partial charge on any atom is -0.507 e. The molecule has 0 saturated carbocycles. The molecule has 158 valence electrons. The highest BCUT2D eigenvalue weighted by Crippen LogP contribution is 2.40. The Balaban J connectivity index is 2.08. The zero-order chi connectivity index (χ0) is 21.7. The Bertz CT molecular complexity index is 956. The van der Waals surface area contributed by atoms with Crippen molar-refractivity contribution in [2.45, 2.75) is 6.04 Å². The molecule has 2 N–H and O–H groups in total. The number of likely N-dealkylation sites (tertiary alicyclic amines) is 1. The van der Waals surface area contributed by atoms with Gasteiger partial charge in [0.15, 0.2) is 0 Å². The Morgan fingerprint density at radius 1 is 1.13 bits per heavy atom. The van der Waals surface area contributed by atoms with Gasteiger partial charge < -0.3 is 24.6 Å². The zero-order valence-corrected chi connectivity index (χ0v) is 17.1. The number of ketones is 1. The van der Waals surface area contributed by atoms with E-state index in [0.29, 0.717) is 21.9 Å². The van der Waals surface area contributed by atoms with Crippen LogP contribution in [0, 0.1) is 0 Å². The molecule has 1 amide bonds. The summed E-state index contributed by atoms with van der Waals surface area (Å²) in [5.41, 5.74) is 0.978. The van der Waals surface area contributed by atoms with Gasteiger partial charge in [-0.15, -0.1) is 0 Å². The largest absolute Gasteiger partial charge is 0.507 e. The van der Waals surface area contributed by atoms with Crippen LogP contribution in [0.2, 0.25) is 5.02 Å². The fourth-order valence-corrected chi connectivity index (χ4v) is 3.49. The number of ether oxygens (including phenoxy) is 2. The average Bonchev–Trinajstić information content (AvgIpc) is 3.01. The lowest BCUT2D eigenvalue weighted by atomic mass is 9.95.